The second-order valence-electron chi connectivity index (χ2n) is 5.44. The topological polar surface area (TPSA) is 97.0 Å². The summed E-state index contributed by atoms with van der Waals surface area (Å²) in [6.07, 6.45) is 6.89. The van der Waals surface area contributed by atoms with Gasteiger partial charge in [-0.25, -0.2) is 0 Å². The number of aromatic hydroxyl groups is 1. The molecule has 1 fully saturated rings. The van der Waals surface area contributed by atoms with Gasteiger partial charge in [-0.1, -0.05) is 43.7 Å². The third-order valence-electron chi connectivity index (χ3n) is 3.76. The highest BCUT2D eigenvalue weighted by Gasteiger charge is 2.19. The molecule has 1 aliphatic rings. The van der Waals surface area contributed by atoms with Gasteiger partial charge in [0.05, 0.1) is 5.71 Å². The number of guanidine groups is 1. The Hall–Kier alpha value is -1.75. The maximum atomic E-state index is 10.1. The molecule has 1 saturated carbocycles. The highest BCUT2D eigenvalue weighted by atomic mass is 35.5. The zero-order valence-corrected chi connectivity index (χ0v) is 12.7. The lowest BCUT2D eigenvalue weighted by Crippen LogP contribution is -2.22. The minimum atomic E-state index is -0.0930. The van der Waals surface area contributed by atoms with Gasteiger partial charge in [-0.05, 0) is 30.5 Å². The molecule has 0 unspecified atom stereocenters. The van der Waals surface area contributed by atoms with E-state index in [1.807, 2.05) is 0 Å². The van der Waals surface area contributed by atoms with Crippen molar-refractivity contribution in [2.45, 2.75) is 38.5 Å². The number of hydrogen-bond donors (Lipinski definition) is 3. The van der Waals surface area contributed by atoms with E-state index in [-0.39, 0.29) is 11.7 Å². The summed E-state index contributed by atoms with van der Waals surface area (Å²) >= 11 is 5.87. The van der Waals surface area contributed by atoms with Crippen molar-refractivity contribution in [3.8, 4) is 5.75 Å². The van der Waals surface area contributed by atoms with E-state index in [9.17, 15) is 5.11 Å². The van der Waals surface area contributed by atoms with Gasteiger partial charge < -0.3 is 16.6 Å². The Morgan fingerprint density at radius 2 is 1.90 bits per heavy atom. The summed E-state index contributed by atoms with van der Waals surface area (Å²) in [5.74, 6) is 0.564. The van der Waals surface area contributed by atoms with Gasteiger partial charge in [0, 0.05) is 10.6 Å². The third kappa shape index (κ3) is 4.63. The fourth-order valence-corrected chi connectivity index (χ4v) is 2.90. The van der Waals surface area contributed by atoms with Gasteiger partial charge in [0.2, 0.25) is 5.96 Å². The fourth-order valence-electron chi connectivity index (χ4n) is 2.74. The summed E-state index contributed by atoms with van der Waals surface area (Å²) < 4.78 is 0. The van der Waals surface area contributed by atoms with E-state index in [1.54, 1.807) is 12.1 Å². The van der Waals surface area contributed by atoms with Crippen molar-refractivity contribution in [1.82, 2.24) is 0 Å². The maximum Gasteiger partial charge on any atom is 0.211 e. The predicted octanol–water partition coefficient (Wildman–Crippen LogP) is 2.99. The highest BCUT2D eigenvalue weighted by molar-refractivity contribution is 6.30. The van der Waals surface area contributed by atoms with E-state index < -0.39 is 0 Å². The second kappa shape index (κ2) is 7.31. The molecule has 1 aromatic rings. The molecule has 0 bridgehead atoms. The zero-order valence-electron chi connectivity index (χ0n) is 11.9. The van der Waals surface area contributed by atoms with Crippen LogP contribution in [0.5, 0.6) is 5.75 Å². The lowest BCUT2D eigenvalue weighted by Gasteiger charge is -2.22. The highest BCUT2D eigenvalue weighted by Crippen LogP contribution is 2.30. The number of benzene rings is 1. The average Bonchev–Trinajstić information content (AvgIpc) is 2.45. The quantitative estimate of drug-likeness (QED) is 0.453. The molecular weight excluding hydrogens is 288 g/mol. The average molecular weight is 309 g/mol. The first kappa shape index (κ1) is 15.6. The molecule has 5 N–H and O–H groups in total. The van der Waals surface area contributed by atoms with E-state index in [2.05, 4.69) is 10.2 Å². The smallest absolute Gasteiger partial charge is 0.211 e. The first-order valence-electron chi connectivity index (χ1n) is 7.20. The van der Waals surface area contributed by atoms with Crippen LogP contribution in [0, 0.1) is 5.92 Å². The third-order valence-corrected chi connectivity index (χ3v) is 4.00. The van der Waals surface area contributed by atoms with Crippen LogP contribution < -0.4 is 11.5 Å². The molecule has 0 spiro atoms. The van der Waals surface area contributed by atoms with Crippen LogP contribution in [0.4, 0.5) is 0 Å². The number of nitrogens with two attached hydrogens (primary N) is 2. The Kier molecular flexibility index (Phi) is 5.44. The molecule has 2 rings (SSSR count). The number of rotatable bonds is 4. The molecular formula is C15H21ClN4O. The molecule has 0 aliphatic heterocycles. The van der Waals surface area contributed by atoms with Gasteiger partial charge in [-0.15, -0.1) is 5.10 Å². The molecule has 0 aromatic heterocycles. The minimum absolute atomic E-state index is 0.0930. The summed E-state index contributed by atoms with van der Waals surface area (Å²) in [6, 6.07) is 4.98. The second-order valence-corrected chi connectivity index (χ2v) is 5.88. The van der Waals surface area contributed by atoms with Gasteiger partial charge >= 0.3 is 0 Å². The lowest BCUT2D eigenvalue weighted by molar-refractivity contribution is 0.368. The molecule has 5 nitrogen and oxygen atoms in total. The number of hydrogen-bond acceptors (Lipinski definition) is 3. The van der Waals surface area contributed by atoms with Crippen molar-refractivity contribution in [2.24, 2.45) is 27.6 Å². The van der Waals surface area contributed by atoms with Crippen LogP contribution in [0.2, 0.25) is 5.02 Å². The first-order chi connectivity index (χ1) is 10.1. The Balaban J connectivity index is 2.26. The Bertz CT molecular complexity index is 547. The summed E-state index contributed by atoms with van der Waals surface area (Å²) in [4.78, 5) is 0. The largest absolute Gasteiger partial charge is 0.507 e. The van der Waals surface area contributed by atoms with Gasteiger partial charge in [0.15, 0.2) is 0 Å². The van der Waals surface area contributed by atoms with Crippen molar-refractivity contribution in [1.29, 1.82) is 0 Å². The van der Waals surface area contributed by atoms with Crippen LogP contribution in [0.25, 0.3) is 0 Å². The van der Waals surface area contributed by atoms with Crippen molar-refractivity contribution < 1.29 is 5.11 Å². The fraction of sp³-hybridized carbons (Fsp3) is 0.467. The molecule has 0 radical (unpaired) electrons. The van der Waals surface area contributed by atoms with Crippen molar-refractivity contribution in [3.63, 3.8) is 0 Å². The lowest BCUT2D eigenvalue weighted by atomic mass is 9.84. The van der Waals surface area contributed by atoms with Crippen LogP contribution in [-0.2, 0) is 0 Å². The van der Waals surface area contributed by atoms with Crippen molar-refractivity contribution in [2.75, 3.05) is 0 Å². The Labute approximate surface area is 129 Å². The van der Waals surface area contributed by atoms with Gasteiger partial charge in [-0.3, -0.25) is 0 Å². The van der Waals surface area contributed by atoms with Crippen LogP contribution in [-0.4, -0.2) is 16.8 Å². The van der Waals surface area contributed by atoms with E-state index in [4.69, 9.17) is 23.1 Å². The molecule has 114 valence electrons. The number of halogens is 1. The molecule has 1 aliphatic carbocycles. The molecule has 6 heteroatoms. The summed E-state index contributed by atoms with van der Waals surface area (Å²) in [6.45, 7) is 0. The predicted molar refractivity (Wildman–Crippen MR) is 86.7 cm³/mol. The SMILES string of the molecule is NC(N)=N/N=C(/CC1CCCCC1)c1ccc(Cl)cc1O. The number of nitrogens with zero attached hydrogens (tertiary/aromatic N) is 2. The van der Waals surface area contributed by atoms with Crippen LogP contribution >= 0.6 is 11.6 Å². The first-order valence-corrected chi connectivity index (χ1v) is 7.58. The molecule has 0 heterocycles. The van der Waals surface area contributed by atoms with E-state index in [0.717, 1.165) is 6.42 Å². The summed E-state index contributed by atoms with van der Waals surface area (Å²) in [5.41, 5.74) is 12.0. The van der Waals surface area contributed by atoms with E-state index in [1.165, 1.54) is 38.2 Å². The molecule has 0 amide bonds. The van der Waals surface area contributed by atoms with E-state index >= 15 is 0 Å². The summed E-state index contributed by atoms with van der Waals surface area (Å²) in [7, 11) is 0. The normalized spacial score (nSPS) is 16.7. The Morgan fingerprint density at radius 3 is 2.52 bits per heavy atom. The molecule has 0 saturated heterocycles. The van der Waals surface area contributed by atoms with Gasteiger partial charge in [0.1, 0.15) is 5.75 Å². The summed E-state index contributed by atoms with van der Waals surface area (Å²) in [5, 5.41) is 18.4. The van der Waals surface area contributed by atoms with Crippen LogP contribution in [0.1, 0.15) is 44.1 Å². The molecule has 0 atom stereocenters. The number of phenolic OH excluding ortho intramolecular Hbond substituents is 1. The van der Waals surface area contributed by atoms with Crippen LogP contribution in [0.15, 0.2) is 28.4 Å². The van der Waals surface area contributed by atoms with E-state index in [0.29, 0.717) is 22.2 Å². The maximum absolute atomic E-state index is 10.1. The van der Waals surface area contributed by atoms with Gasteiger partial charge in [-0.2, -0.15) is 5.10 Å². The standard InChI is InChI=1S/C15H21ClN4O/c16-11-6-7-12(14(21)9-11)13(19-20-15(17)18)8-10-4-2-1-3-5-10/h6-7,9-10,21H,1-5,8H2,(H4,17,18,20)/b19-13-. The Morgan fingerprint density at radius 1 is 1.19 bits per heavy atom. The monoisotopic (exact) mass is 308 g/mol. The van der Waals surface area contributed by atoms with Crippen molar-refractivity contribution in [3.05, 3.63) is 28.8 Å². The van der Waals surface area contributed by atoms with Crippen LogP contribution in [0.3, 0.4) is 0 Å². The minimum Gasteiger partial charge on any atom is -0.507 e. The zero-order chi connectivity index (χ0) is 15.2. The molecule has 1 aromatic carbocycles. The van der Waals surface area contributed by atoms with Crippen molar-refractivity contribution >= 4 is 23.3 Å². The number of phenols is 1. The molecule has 21 heavy (non-hydrogen) atoms. The van der Waals surface area contributed by atoms with Gasteiger partial charge in [0.25, 0.3) is 0 Å².